The Morgan fingerprint density at radius 1 is 1.33 bits per heavy atom. The summed E-state index contributed by atoms with van der Waals surface area (Å²) in [5.41, 5.74) is 7.79. The summed E-state index contributed by atoms with van der Waals surface area (Å²) in [6.45, 7) is 3.34. The van der Waals surface area contributed by atoms with E-state index in [1.807, 2.05) is 18.2 Å². The smallest absolute Gasteiger partial charge is 0.121 e. The molecule has 1 saturated heterocycles. The minimum atomic E-state index is 0.760. The molecule has 0 amide bonds. The van der Waals surface area contributed by atoms with E-state index in [1.54, 1.807) is 7.11 Å². The molecule has 0 radical (unpaired) electrons. The second-order valence-electron chi connectivity index (χ2n) is 3.52. The number of benzene rings is 1. The molecule has 4 nitrogen and oxygen atoms in total. The van der Waals surface area contributed by atoms with E-state index in [4.69, 9.17) is 15.2 Å². The first kappa shape index (κ1) is 10.1. The third kappa shape index (κ3) is 2.15. The summed E-state index contributed by atoms with van der Waals surface area (Å²) in [6.07, 6.45) is 0. The van der Waals surface area contributed by atoms with Crippen molar-refractivity contribution in [2.24, 2.45) is 0 Å². The Morgan fingerprint density at radius 2 is 2.07 bits per heavy atom. The largest absolute Gasteiger partial charge is 0.497 e. The van der Waals surface area contributed by atoms with Gasteiger partial charge in [0.1, 0.15) is 5.75 Å². The van der Waals surface area contributed by atoms with Crippen LogP contribution in [0.2, 0.25) is 0 Å². The maximum absolute atomic E-state index is 5.97. The molecular formula is C11H16N2O2. The number of nitrogen functional groups attached to an aromatic ring is 1. The van der Waals surface area contributed by atoms with Crippen molar-refractivity contribution in [3.63, 3.8) is 0 Å². The van der Waals surface area contributed by atoms with E-state index in [2.05, 4.69) is 4.90 Å². The second kappa shape index (κ2) is 4.40. The number of rotatable bonds is 2. The Kier molecular flexibility index (Phi) is 2.97. The second-order valence-corrected chi connectivity index (χ2v) is 3.52. The van der Waals surface area contributed by atoms with Gasteiger partial charge in [-0.05, 0) is 12.1 Å². The first-order valence-corrected chi connectivity index (χ1v) is 5.07. The highest BCUT2D eigenvalue weighted by atomic mass is 16.5. The molecule has 1 aliphatic rings. The molecule has 1 fully saturated rings. The van der Waals surface area contributed by atoms with Crippen LogP contribution >= 0.6 is 0 Å². The van der Waals surface area contributed by atoms with Crippen LogP contribution in [0.4, 0.5) is 11.4 Å². The number of hydrogen-bond acceptors (Lipinski definition) is 4. The molecule has 0 aliphatic carbocycles. The van der Waals surface area contributed by atoms with Crippen molar-refractivity contribution in [2.45, 2.75) is 0 Å². The molecule has 1 aromatic carbocycles. The first-order chi connectivity index (χ1) is 7.31. The van der Waals surface area contributed by atoms with Gasteiger partial charge in [0.15, 0.2) is 0 Å². The van der Waals surface area contributed by atoms with Crippen molar-refractivity contribution in [1.29, 1.82) is 0 Å². The van der Waals surface area contributed by atoms with Crippen molar-refractivity contribution >= 4 is 11.4 Å². The van der Waals surface area contributed by atoms with E-state index < -0.39 is 0 Å². The predicted molar refractivity (Wildman–Crippen MR) is 60.4 cm³/mol. The first-order valence-electron chi connectivity index (χ1n) is 5.07. The number of ether oxygens (including phenoxy) is 2. The number of hydrogen-bond donors (Lipinski definition) is 1. The van der Waals surface area contributed by atoms with Crippen LogP contribution in [-0.2, 0) is 4.74 Å². The van der Waals surface area contributed by atoms with Gasteiger partial charge in [0, 0.05) is 19.2 Å². The van der Waals surface area contributed by atoms with Gasteiger partial charge in [-0.15, -0.1) is 0 Å². The van der Waals surface area contributed by atoms with Crippen molar-refractivity contribution in [3.8, 4) is 5.75 Å². The molecule has 0 unspecified atom stereocenters. The Labute approximate surface area is 89.6 Å². The molecule has 1 aliphatic heterocycles. The van der Waals surface area contributed by atoms with E-state index in [-0.39, 0.29) is 0 Å². The molecule has 0 bridgehead atoms. The lowest BCUT2D eigenvalue weighted by Crippen LogP contribution is -2.36. The number of methoxy groups -OCH3 is 1. The summed E-state index contributed by atoms with van der Waals surface area (Å²) in [4.78, 5) is 2.23. The highest BCUT2D eigenvalue weighted by Crippen LogP contribution is 2.27. The standard InChI is InChI=1S/C11H16N2O2/c1-14-9-2-3-11(10(12)8-9)13-4-6-15-7-5-13/h2-3,8H,4-7,12H2,1H3. The third-order valence-corrected chi connectivity index (χ3v) is 2.59. The maximum Gasteiger partial charge on any atom is 0.121 e. The van der Waals surface area contributed by atoms with E-state index in [9.17, 15) is 0 Å². The number of morpholine rings is 1. The molecule has 0 spiro atoms. The normalized spacial score (nSPS) is 16.5. The molecule has 0 atom stereocenters. The number of nitrogens with two attached hydrogens (primary N) is 1. The molecule has 0 saturated carbocycles. The van der Waals surface area contributed by atoms with Crippen molar-refractivity contribution in [1.82, 2.24) is 0 Å². The highest BCUT2D eigenvalue weighted by molar-refractivity contribution is 5.69. The lowest BCUT2D eigenvalue weighted by atomic mass is 10.2. The van der Waals surface area contributed by atoms with Crippen LogP contribution in [0.5, 0.6) is 5.75 Å². The molecule has 15 heavy (non-hydrogen) atoms. The maximum atomic E-state index is 5.97. The van der Waals surface area contributed by atoms with Crippen LogP contribution in [0.3, 0.4) is 0 Å². The third-order valence-electron chi connectivity index (χ3n) is 2.59. The average Bonchev–Trinajstić information content (AvgIpc) is 2.30. The molecule has 2 N–H and O–H groups in total. The van der Waals surface area contributed by atoms with Crippen molar-refractivity contribution in [3.05, 3.63) is 18.2 Å². The van der Waals surface area contributed by atoms with Gasteiger partial charge in [-0.25, -0.2) is 0 Å². The Bertz CT molecular complexity index is 335. The van der Waals surface area contributed by atoms with Gasteiger partial charge in [-0.1, -0.05) is 0 Å². The molecule has 1 aromatic rings. The van der Waals surface area contributed by atoms with Crippen LogP contribution in [0, 0.1) is 0 Å². The Hall–Kier alpha value is -1.42. The van der Waals surface area contributed by atoms with Gasteiger partial charge in [0.2, 0.25) is 0 Å². The minimum Gasteiger partial charge on any atom is -0.497 e. The summed E-state index contributed by atoms with van der Waals surface area (Å²) in [5, 5.41) is 0. The summed E-state index contributed by atoms with van der Waals surface area (Å²) in [7, 11) is 1.64. The van der Waals surface area contributed by atoms with Gasteiger partial charge in [0.05, 0.1) is 31.7 Å². The number of nitrogens with zero attached hydrogens (tertiary/aromatic N) is 1. The fourth-order valence-electron chi connectivity index (χ4n) is 1.75. The summed E-state index contributed by atoms with van der Waals surface area (Å²) >= 11 is 0. The molecule has 4 heteroatoms. The van der Waals surface area contributed by atoms with Crippen LogP contribution < -0.4 is 15.4 Å². The van der Waals surface area contributed by atoms with Crippen LogP contribution in [0.15, 0.2) is 18.2 Å². The zero-order valence-electron chi connectivity index (χ0n) is 8.90. The van der Waals surface area contributed by atoms with Gasteiger partial charge < -0.3 is 20.1 Å². The van der Waals surface area contributed by atoms with Gasteiger partial charge in [0.25, 0.3) is 0 Å². The van der Waals surface area contributed by atoms with E-state index >= 15 is 0 Å². The van der Waals surface area contributed by atoms with Gasteiger partial charge in [-0.2, -0.15) is 0 Å². The number of anilines is 2. The average molecular weight is 208 g/mol. The van der Waals surface area contributed by atoms with Crippen LogP contribution in [0.1, 0.15) is 0 Å². The Balaban J connectivity index is 2.19. The highest BCUT2D eigenvalue weighted by Gasteiger charge is 2.13. The summed E-state index contributed by atoms with van der Waals surface area (Å²) in [5.74, 6) is 0.796. The fraction of sp³-hybridized carbons (Fsp3) is 0.455. The SMILES string of the molecule is COc1ccc(N2CCOCC2)c(N)c1. The van der Waals surface area contributed by atoms with E-state index in [0.717, 1.165) is 43.4 Å². The lowest BCUT2D eigenvalue weighted by molar-refractivity contribution is 0.123. The fourth-order valence-corrected chi connectivity index (χ4v) is 1.75. The monoisotopic (exact) mass is 208 g/mol. The quantitative estimate of drug-likeness (QED) is 0.740. The van der Waals surface area contributed by atoms with Crippen molar-refractivity contribution < 1.29 is 9.47 Å². The van der Waals surface area contributed by atoms with Crippen molar-refractivity contribution in [2.75, 3.05) is 44.0 Å². The van der Waals surface area contributed by atoms with Crippen LogP contribution in [-0.4, -0.2) is 33.4 Å². The zero-order valence-corrected chi connectivity index (χ0v) is 8.90. The Morgan fingerprint density at radius 3 is 2.67 bits per heavy atom. The van der Waals surface area contributed by atoms with E-state index in [0.29, 0.717) is 0 Å². The topological polar surface area (TPSA) is 47.7 Å². The molecule has 82 valence electrons. The van der Waals surface area contributed by atoms with Crippen LogP contribution in [0.25, 0.3) is 0 Å². The lowest BCUT2D eigenvalue weighted by Gasteiger charge is -2.29. The molecule has 2 rings (SSSR count). The molecular weight excluding hydrogens is 192 g/mol. The van der Waals surface area contributed by atoms with Gasteiger partial charge >= 0.3 is 0 Å². The van der Waals surface area contributed by atoms with Gasteiger partial charge in [-0.3, -0.25) is 0 Å². The zero-order chi connectivity index (χ0) is 10.7. The molecule has 1 heterocycles. The molecule has 0 aromatic heterocycles. The predicted octanol–water partition coefficient (Wildman–Crippen LogP) is 1.11. The summed E-state index contributed by atoms with van der Waals surface area (Å²) < 4.78 is 10.4. The minimum absolute atomic E-state index is 0.760. The summed E-state index contributed by atoms with van der Waals surface area (Å²) in [6, 6.07) is 5.78. The van der Waals surface area contributed by atoms with E-state index in [1.165, 1.54) is 0 Å².